The minimum absolute atomic E-state index is 0.0439. The zero-order chi connectivity index (χ0) is 17.0. The molecule has 0 N–H and O–H groups in total. The van der Waals surface area contributed by atoms with Crippen LogP contribution in [0.2, 0.25) is 0 Å². The molecule has 4 heteroatoms. The van der Waals surface area contributed by atoms with Gasteiger partial charge in [-0.15, -0.1) is 5.92 Å². The highest BCUT2D eigenvalue weighted by Gasteiger charge is 2.62. The Bertz CT molecular complexity index is 839. The number of fused-ring (bicyclic) bond motifs is 5. The molecule has 2 heterocycles. The summed E-state index contributed by atoms with van der Waals surface area (Å²) in [7, 11) is 1.55. The van der Waals surface area contributed by atoms with Crippen molar-refractivity contribution in [3.8, 4) is 17.6 Å². The third-order valence-corrected chi connectivity index (χ3v) is 5.29. The minimum Gasteiger partial charge on any atom is -0.496 e. The number of carbonyl (C=O) groups is 2. The molecule has 3 aliphatic rings. The highest BCUT2D eigenvalue weighted by molar-refractivity contribution is 6.17. The first-order valence-electron chi connectivity index (χ1n) is 8.08. The third kappa shape index (κ3) is 1.91. The van der Waals surface area contributed by atoms with Crippen molar-refractivity contribution in [1.82, 2.24) is 0 Å². The monoisotopic (exact) mass is 322 g/mol. The van der Waals surface area contributed by atoms with Gasteiger partial charge < -0.3 is 9.47 Å². The molecular formula is C20H18O4. The van der Waals surface area contributed by atoms with Crippen molar-refractivity contribution < 1.29 is 19.1 Å². The molecular weight excluding hydrogens is 304 g/mol. The number of hydrogen-bond acceptors (Lipinski definition) is 4. The average molecular weight is 322 g/mol. The summed E-state index contributed by atoms with van der Waals surface area (Å²) in [5.74, 6) is 4.79. The minimum atomic E-state index is -0.758. The molecule has 2 fully saturated rings. The van der Waals surface area contributed by atoms with E-state index in [2.05, 4.69) is 11.8 Å². The fraction of sp³-hybridized carbons (Fsp3) is 0.400. The van der Waals surface area contributed by atoms with E-state index in [1.807, 2.05) is 19.1 Å². The number of methoxy groups -OCH3 is 1. The third-order valence-electron chi connectivity index (χ3n) is 5.29. The molecule has 0 radical (unpaired) electrons. The predicted octanol–water partition coefficient (Wildman–Crippen LogP) is 2.26. The van der Waals surface area contributed by atoms with Gasteiger partial charge in [0.05, 0.1) is 31.2 Å². The van der Waals surface area contributed by atoms with Gasteiger partial charge in [0.1, 0.15) is 11.7 Å². The topological polar surface area (TPSA) is 52.6 Å². The van der Waals surface area contributed by atoms with Gasteiger partial charge in [-0.3, -0.25) is 9.59 Å². The van der Waals surface area contributed by atoms with E-state index < -0.39 is 5.92 Å². The summed E-state index contributed by atoms with van der Waals surface area (Å²) in [6, 6.07) is 5.41. The van der Waals surface area contributed by atoms with Crippen LogP contribution in [0.3, 0.4) is 0 Å². The second kappa shape index (κ2) is 5.32. The van der Waals surface area contributed by atoms with E-state index in [-0.39, 0.29) is 35.6 Å². The molecule has 4 nitrogen and oxygen atoms in total. The Balaban J connectivity index is 1.75. The van der Waals surface area contributed by atoms with Crippen LogP contribution in [0, 0.1) is 23.7 Å². The lowest BCUT2D eigenvalue weighted by molar-refractivity contribution is -0.127. The van der Waals surface area contributed by atoms with E-state index in [1.54, 1.807) is 26.2 Å². The summed E-state index contributed by atoms with van der Waals surface area (Å²) < 4.78 is 11.2. The lowest BCUT2D eigenvalue weighted by atomic mass is 9.82. The normalized spacial score (nSPS) is 33.1. The van der Waals surface area contributed by atoms with Crippen LogP contribution < -0.4 is 4.74 Å². The summed E-state index contributed by atoms with van der Waals surface area (Å²) >= 11 is 0. The molecule has 5 atom stereocenters. The van der Waals surface area contributed by atoms with E-state index >= 15 is 0 Å². The molecule has 2 bridgehead atoms. The molecule has 24 heavy (non-hydrogen) atoms. The Labute approximate surface area is 140 Å². The second-order valence-corrected chi connectivity index (χ2v) is 6.55. The van der Waals surface area contributed by atoms with Gasteiger partial charge in [0.2, 0.25) is 0 Å². The van der Waals surface area contributed by atoms with Crippen LogP contribution in [-0.2, 0) is 14.3 Å². The zero-order valence-electron chi connectivity index (χ0n) is 13.8. The SMILES string of the molecule is CC#Cc1ccc(C2C(=O)[C@@H]3[C@H](C2=O)[C@H]2C=C(C)[C@@H]3O2)c(OC)c1. The van der Waals surface area contributed by atoms with Crippen molar-refractivity contribution in [3.05, 3.63) is 41.0 Å². The number of Topliss-reactive ketones (excluding diaryl/α,β-unsaturated/α-hetero) is 2. The lowest BCUT2D eigenvalue weighted by Gasteiger charge is -2.17. The van der Waals surface area contributed by atoms with Crippen molar-refractivity contribution in [1.29, 1.82) is 0 Å². The molecule has 2 aliphatic heterocycles. The summed E-state index contributed by atoms with van der Waals surface area (Å²) in [5.41, 5.74) is 2.50. The molecule has 1 aromatic rings. The fourth-order valence-electron chi connectivity index (χ4n) is 4.29. The summed E-state index contributed by atoms with van der Waals surface area (Å²) in [6.07, 6.45) is 1.49. The number of ether oxygens (including phenoxy) is 2. The van der Waals surface area contributed by atoms with E-state index in [1.165, 1.54) is 0 Å². The molecule has 1 saturated heterocycles. The summed E-state index contributed by atoms with van der Waals surface area (Å²) in [5, 5.41) is 0. The molecule has 1 unspecified atom stereocenters. The van der Waals surface area contributed by atoms with Gasteiger partial charge in [-0.05, 0) is 31.6 Å². The molecule has 1 saturated carbocycles. The predicted molar refractivity (Wildman–Crippen MR) is 87.7 cm³/mol. The van der Waals surface area contributed by atoms with Gasteiger partial charge >= 0.3 is 0 Å². The fourth-order valence-corrected chi connectivity index (χ4v) is 4.29. The number of rotatable bonds is 2. The van der Waals surface area contributed by atoms with Gasteiger partial charge in [0.15, 0.2) is 11.6 Å². The van der Waals surface area contributed by atoms with Crippen LogP contribution in [0.15, 0.2) is 29.8 Å². The van der Waals surface area contributed by atoms with Crippen LogP contribution in [-0.4, -0.2) is 30.9 Å². The Morgan fingerprint density at radius 1 is 1.17 bits per heavy atom. The maximum absolute atomic E-state index is 13.0. The van der Waals surface area contributed by atoms with E-state index in [0.29, 0.717) is 11.3 Å². The van der Waals surface area contributed by atoms with Gasteiger partial charge in [0, 0.05) is 11.1 Å². The van der Waals surface area contributed by atoms with Gasteiger partial charge in [-0.2, -0.15) is 0 Å². The second-order valence-electron chi connectivity index (χ2n) is 6.55. The first-order chi connectivity index (χ1) is 11.6. The Hall–Kier alpha value is -2.38. The van der Waals surface area contributed by atoms with Gasteiger partial charge in [-0.25, -0.2) is 0 Å². The molecule has 0 aromatic heterocycles. The van der Waals surface area contributed by atoms with Crippen molar-refractivity contribution in [2.24, 2.45) is 11.8 Å². The smallest absolute Gasteiger partial charge is 0.154 e. The summed E-state index contributed by atoms with van der Waals surface area (Å²) in [6.45, 7) is 3.72. The lowest BCUT2D eigenvalue weighted by Crippen LogP contribution is -2.28. The van der Waals surface area contributed by atoms with Crippen LogP contribution >= 0.6 is 0 Å². The van der Waals surface area contributed by atoms with E-state index in [4.69, 9.17) is 9.47 Å². The Morgan fingerprint density at radius 3 is 2.62 bits per heavy atom. The van der Waals surface area contributed by atoms with Crippen molar-refractivity contribution in [2.45, 2.75) is 32.0 Å². The molecule has 1 aliphatic carbocycles. The quantitative estimate of drug-likeness (QED) is 0.476. The number of benzene rings is 1. The van der Waals surface area contributed by atoms with E-state index in [9.17, 15) is 9.59 Å². The maximum atomic E-state index is 13.0. The zero-order valence-corrected chi connectivity index (χ0v) is 13.8. The number of ketones is 2. The van der Waals surface area contributed by atoms with Crippen LogP contribution in [0.1, 0.15) is 30.9 Å². The standard InChI is InChI=1S/C20H18O4/c1-4-5-11-6-7-12(13(9-11)23-3)15-18(21)16-14-8-10(2)20(24-14)17(16)19(15)22/h6-9,14-17,20H,1-3H3/t14-,15?,16-,17+,20+/m1/s1. The molecule has 0 spiro atoms. The Morgan fingerprint density at radius 2 is 1.92 bits per heavy atom. The largest absolute Gasteiger partial charge is 0.496 e. The first-order valence-corrected chi connectivity index (χ1v) is 8.08. The van der Waals surface area contributed by atoms with Crippen molar-refractivity contribution >= 4 is 11.6 Å². The van der Waals surface area contributed by atoms with Crippen molar-refractivity contribution in [2.75, 3.05) is 7.11 Å². The first kappa shape index (κ1) is 15.2. The van der Waals surface area contributed by atoms with Gasteiger partial charge in [0.25, 0.3) is 0 Å². The molecule has 122 valence electrons. The highest BCUT2D eigenvalue weighted by Crippen LogP contribution is 2.52. The highest BCUT2D eigenvalue weighted by atomic mass is 16.5. The molecule has 0 amide bonds. The average Bonchev–Trinajstić information content (AvgIpc) is 3.19. The van der Waals surface area contributed by atoms with E-state index in [0.717, 1.165) is 11.1 Å². The summed E-state index contributed by atoms with van der Waals surface area (Å²) in [4.78, 5) is 26.0. The molecule has 1 aromatic carbocycles. The van der Waals surface area contributed by atoms with Crippen LogP contribution in [0.5, 0.6) is 5.75 Å². The maximum Gasteiger partial charge on any atom is 0.154 e. The molecule has 4 rings (SSSR count). The van der Waals surface area contributed by atoms with Gasteiger partial charge in [-0.1, -0.05) is 18.1 Å². The van der Waals surface area contributed by atoms with Crippen LogP contribution in [0.4, 0.5) is 0 Å². The van der Waals surface area contributed by atoms with Crippen molar-refractivity contribution in [3.63, 3.8) is 0 Å². The Kier molecular flexibility index (Phi) is 3.36. The number of carbonyl (C=O) groups excluding carboxylic acids is 2. The number of hydrogen-bond donors (Lipinski definition) is 0. The van der Waals surface area contributed by atoms with Crippen LogP contribution in [0.25, 0.3) is 0 Å².